The molecule has 1 aromatic rings. The molecule has 0 aromatic carbocycles. The number of nitrogens with zero attached hydrogens (tertiary/aromatic N) is 2. The fraction of sp³-hybridized carbons (Fsp3) is 0.556. The van der Waals surface area contributed by atoms with Crippen LogP contribution in [0.15, 0.2) is 15.9 Å². The Morgan fingerprint density at radius 2 is 2.29 bits per heavy atom. The Balaban J connectivity index is 2.12. The first-order valence-corrected chi connectivity index (χ1v) is 5.92. The van der Waals surface area contributed by atoms with Crippen LogP contribution in [0.25, 0.3) is 0 Å². The maximum atomic E-state index is 9.64. The van der Waals surface area contributed by atoms with Crippen LogP contribution >= 0.6 is 11.3 Å². The Morgan fingerprint density at radius 1 is 1.53 bits per heavy atom. The molecular weight excluding hydrogens is 246 g/mol. The first-order valence-electron chi connectivity index (χ1n) is 4.97. The van der Waals surface area contributed by atoms with E-state index < -0.39 is 24.5 Å². The molecule has 1 unspecified atom stereocenters. The second-order valence-corrected chi connectivity index (χ2v) is 4.34. The third-order valence-electron chi connectivity index (χ3n) is 2.48. The highest BCUT2D eigenvalue weighted by Gasteiger charge is 2.42. The number of nitrogens with two attached hydrogens (primary N) is 1. The Kier molecular flexibility index (Phi) is 3.69. The highest BCUT2D eigenvalue weighted by Crippen LogP contribution is 2.22. The first-order chi connectivity index (χ1) is 8.13. The zero-order valence-electron chi connectivity index (χ0n) is 8.80. The molecule has 1 aliphatic heterocycles. The molecule has 0 saturated carbocycles. The fourth-order valence-electron chi connectivity index (χ4n) is 1.53. The monoisotopic (exact) mass is 259 g/mol. The molecule has 0 radical (unpaired) electrons. The average molecular weight is 259 g/mol. The number of thiazole rings is 1. The second kappa shape index (κ2) is 5.07. The SMILES string of the molecule is NC(=NC1O[C@H](CO)[C@@H](O)[C@H]1O)c1cscn1. The van der Waals surface area contributed by atoms with Gasteiger partial charge >= 0.3 is 0 Å². The van der Waals surface area contributed by atoms with Crippen molar-refractivity contribution < 1.29 is 20.1 Å². The summed E-state index contributed by atoms with van der Waals surface area (Å²) >= 11 is 1.37. The maximum absolute atomic E-state index is 9.64. The minimum Gasteiger partial charge on any atom is -0.394 e. The molecule has 1 aliphatic rings. The van der Waals surface area contributed by atoms with E-state index in [2.05, 4.69) is 9.98 Å². The van der Waals surface area contributed by atoms with Crippen molar-refractivity contribution in [1.29, 1.82) is 0 Å². The van der Waals surface area contributed by atoms with E-state index in [1.165, 1.54) is 11.3 Å². The largest absolute Gasteiger partial charge is 0.394 e. The predicted octanol–water partition coefficient (Wildman–Crippen LogP) is -1.71. The van der Waals surface area contributed by atoms with E-state index in [4.69, 9.17) is 15.6 Å². The number of aliphatic hydroxyl groups excluding tert-OH is 3. The molecule has 0 aliphatic carbocycles. The molecule has 8 heteroatoms. The molecule has 5 N–H and O–H groups in total. The molecule has 94 valence electrons. The van der Waals surface area contributed by atoms with Crippen LogP contribution in [0.3, 0.4) is 0 Å². The molecule has 1 fully saturated rings. The predicted molar refractivity (Wildman–Crippen MR) is 60.6 cm³/mol. The van der Waals surface area contributed by atoms with Crippen LogP contribution in [-0.4, -0.2) is 57.3 Å². The molecule has 17 heavy (non-hydrogen) atoms. The molecule has 0 amide bonds. The highest BCUT2D eigenvalue weighted by atomic mass is 32.1. The van der Waals surface area contributed by atoms with Crippen LogP contribution in [0.1, 0.15) is 5.69 Å². The summed E-state index contributed by atoms with van der Waals surface area (Å²) in [5, 5.41) is 29.8. The summed E-state index contributed by atoms with van der Waals surface area (Å²) in [5.41, 5.74) is 7.77. The molecule has 4 atom stereocenters. The number of hydrogen-bond donors (Lipinski definition) is 4. The zero-order valence-corrected chi connectivity index (χ0v) is 9.62. The molecular formula is C9H13N3O4S. The summed E-state index contributed by atoms with van der Waals surface area (Å²) in [6.07, 6.45) is -4.20. The normalized spacial score (nSPS) is 34.2. The molecule has 1 saturated heterocycles. The van der Waals surface area contributed by atoms with Crippen molar-refractivity contribution in [2.75, 3.05) is 6.61 Å². The Labute approximate surface area is 101 Å². The van der Waals surface area contributed by atoms with Crippen LogP contribution in [-0.2, 0) is 4.74 Å². The van der Waals surface area contributed by atoms with Gasteiger partial charge in [0.1, 0.15) is 29.8 Å². The van der Waals surface area contributed by atoms with Gasteiger partial charge in [-0.3, -0.25) is 0 Å². The van der Waals surface area contributed by atoms with Gasteiger partial charge in [0.2, 0.25) is 0 Å². The van der Waals surface area contributed by atoms with Crippen molar-refractivity contribution in [3.8, 4) is 0 Å². The van der Waals surface area contributed by atoms with E-state index >= 15 is 0 Å². The summed E-state index contributed by atoms with van der Waals surface area (Å²) < 4.78 is 5.16. The number of aromatic nitrogens is 1. The Bertz CT molecular complexity index is 397. The summed E-state index contributed by atoms with van der Waals surface area (Å²) in [5.74, 6) is 0.126. The van der Waals surface area contributed by atoms with Crippen molar-refractivity contribution in [3.63, 3.8) is 0 Å². The van der Waals surface area contributed by atoms with Crippen molar-refractivity contribution in [3.05, 3.63) is 16.6 Å². The van der Waals surface area contributed by atoms with Gasteiger partial charge in [0.15, 0.2) is 6.23 Å². The summed E-state index contributed by atoms with van der Waals surface area (Å²) in [7, 11) is 0. The van der Waals surface area contributed by atoms with Crippen LogP contribution in [0.4, 0.5) is 0 Å². The first kappa shape index (κ1) is 12.4. The maximum Gasteiger partial charge on any atom is 0.179 e. The smallest absolute Gasteiger partial charge is 0.179 e. The number of aliphatic hydroxyl groups is 3. The summed E-state index contributed by atoms with van der Waals surface area (Å²) in [6.45, 7) is -0.388. The van der Waals surface area contributed by atoms with E-state index in [0.29, 0.717) is 5.69 Å². The molecule has 2 rings (SSSR count). The average Bonchev–Trinajstić information content (AvgIpc) is 2.93. The van der Waals surface area contributed by atoms with Crippen molar-refractivity contribution in [2.45, 2.75) is 24.5 Å². The molecule has 1 aromatic heterocycles. The van der Waals surface area contributed by atoms with Crippen LogP contribution in [0, 0.1) is 0 Å². The van der Waals surface area contributed by atoms with E-state index in [-0.39, 0.29) is 12.4 Å². The number of aliphatic imine (C=N–C) groups is 1. The van der Waals surface area contributed by atoms with Crippen molar-refractivity contribution >= 4 is 17.2 Å². The molecule has 0 spiro atoms. The Hall–Kier alpha value is -1.06. The van der Waals surface area contributed by atoms with Gasteiger partial charge in [0.25, 0.3) is 0 Å². The third-order valence-corrected chi connectivity index (χ3v) is 3.06. The lowest BCUT2D eigenvalue weighted by Crippen LogP contribution is -2.34. The molecule has 0 bridgehead atoms. The van der Waals surface area contributed by atoms with E-state index in [9.17, 15) is 10.2 Å². The van der Waals surface area contributed by atoms with Gasteiger partial charge in [-0.1, -0.05) is 0 Å². The lowest BCUT2D eigenvalue weighted by molar-refractivity contribution is -0.0193. The van der Waals surface area contributed by atoms with E-state index in [1.54, 1.807) is 10.9 Å². The fourth-order valence-corrected chi connectivity index (χ4v) is 2.07. The van der Waals surface area contributed by atoms with E-state index in [1.807, 2.05) is 0 Å². The van der Waals surface area contributed by atoms with Crippen LogP contribution in [0.5, 0.6) is 0 Å². The number of rotatable bonds is 3. The lowest BCUT2D eigenvalue weighted by atomic mass is 10.1. The number of ether oxygens (including phenoxy) is 1. The van der Waals surface area contributed by atoms with Crippen molar-refractivity contribution in [1.82, 2.24) is 4.98 Å². The minimum absolute atomic E-state index is 0.126. The van der Waals surface area contributed by atoms with Gasteiger partial charge in [0, 0.05) is 5.38 Å². The topological polar surface area (TPSA) is 121 Å². The molecule has 2 heterocycles. The molecule has 7 nitrogen and oxygen atoms in total. The third kappa shape index (κ3) is 2.45. The van der Waals surface area contributed by atoms with Crippen LogP contribution < -0.4 is 5.73 Å². The van der Waals surface area contributed by atoms with Gasteiger partial charge in [-0.15, -0.1) is 11.3 Å². The van der Waals surface area contributed by atoms with Gasteiger partial charge in [-0.25, -0.2) is 9.98 Å². The number of amidine groups is 1. The second-order valence-electron chi connectivity index (χ2n) is 3.62. The van der Waals surface area contributed by atoms with Crippen LogP contribution in [0.2, 0.25) is 0 Å². The summed E-state index contributed by atoms with van der Waals surface area (Å²) in [6, 6.07) is 0. The summed E-state index contributed by atoms with van der Waals surface area (Å²) in [4.78, 5) is 7.90. The number of hydrogen-bond acceptors (Lipinski definition) is 7. The minimum atomic E-state index is -1.20. The Morgan fingerprint density at radius 3 is 2.82 bits per heavy atom. The van der Waals surface area contributed by atoms with Gasteiger partial charge < -0.3 is 25.8 Å². The van der Waals surface area contributed by atoms with Gasteiger partial charge in [-0.2, -0.15) is 0 Å². The van der Waals surface area contributed by atoms with E-state index in [0.717, 1.165) is 0 Å². The van der Waals surface area contributed by atoms with Gasteiger partial charge in [0.05, 0.1) is 12.1 Å². The highest BCUT2D eigenvalue weighted by molar-refractivity contribution is 7.07. The lowest BCUT2D eigenvalue weighted by Gasteiger charge is -2.10. The van der Waals surface area contributed by atoms with Crippen molar-refractivity contribution in [2.24, 2.45) is 10.7 Å². The zero-order chi connectivity index (χ0) is 12.4. The standard InChI is InChI=1S/C9H13N3O4S/c10-8(4-2-17-3-11-4)12-9-7(15)6(14)5(1-13)16-9/h2-3,5-7,9,13-15H,1H2,(H2,10,12)/t5-,6-,7-,9?/m1/s1. The quantitative estimate of drug-likeness (QED) is 0.379. The van der Waals surface area contributed by atoms with Gasteiger partial charge in [-0.05, 0) is 0 Å².